The van der Waals surface area contributed by atoms with Crippen LogP contribution in [0.25, 0.3) is 16.6 Å². The molecule has 2 aromatic heterocycles. The van der Waals surface area contributed by atoms with Gasteiger partial charge < -0.3 is 0 Å². The molecule has 0 bridgehead atoms. The minimum Gasteiger partial charge on any atom is -0.288 e. The standard InChI is InChI=1S/C21H16N4O4/c26-19(23-29)15-9-7-14(8-10-15)13-24-18-6-2-1-5-17(18)20(27)25(21(24)28)16-4-3-11-22-12-16/h1-12,29H,13H2,(H,23,26). The zero-order chi connectivity index (χ0) is 20.4. The Labute approximate surface area is 164 Å². The Morgan fingerprint density at radius 2 is 1.76 bits per heavy atom. The second-order valence-corrected chi connectivity index (χ2v) is 6.38. The van der Waals surface area contributed by atoms with Gasteiger partial charge in [0.1, 0.15) is 0 Å². The fourth-order valence-electron chi connectivity index (χ4n) is 3.20. The van der Waals surface area contributed by atoms with Gasteiger partial charge >= 0.3 is 5.69 Å². The van der Waals surface area contributed by atoms with Crippen molar-refractivity contribution in [2.45, 2.75) is 6.54 Å². The van der Waals surface area contributed by atoms with Crippen LogP contribution < -0.4 is 16.7 Å². The Kier molecular flexibility index (Phi) is 4.76. The van der Waals surface area contributed by atoms with Gasteiger partial charge in [-0.3, -0.25) is 24.3 Å². The summed E-state index contributed by atoms with van der Waals surface area (Å²) in [6, 6.07) is 16.7. The lowest BCUT2D eigenvalue weighted by molar-refractivity contribution is 0.0706. The number of para-hydroxylation sites is 1. The molecule has 0 fully saturated rings. The minimum atomic E-state index is -0.621. The molecule has 2 heterocycles. The van der Waals surface area contributed by atoms with E-state index in [2.05, 4.69) is 4.98 Å². The van der Waals surface area contributed by atoms with E-state index < -0.39 is 17.2 Å². The summed E-state index contributed by atoms with van der Waals surface area (Å²) in [7, 11) is 0. The van der Waals surface area contributed by atoms with Gasteiger partial charge in [-0.25, -0.2) is 14.8 Å². The molecule has 0 radical (unpaired) electrons. The van der Waals surface area contributed by atoms with Crippen molar-refractivity contribution in [1.29, 1.82) is 0 Å². The first kappa shape index (κ1) is 18.3. The van der Waals surface area contributed by atoms with Crippen LogP contribution in [-0.4, -0.2) is 25.2 Å². The molecule has 29 heavy (non-hydrogen) atoms. The number of carbonyl (C=O) groups excluding carboxylic acids is 1. The normalized spacial score (nSPS) is 10.8. The predicted molar refractivity (Wildman–Crippen MR) is 106 cm³/mol. The average Bonchev–Trinajstić information content (AvgIpc) is 2.77. The van der Waals surface area contributed by atoms with E-state index in [1.165, 1.54) is 10.8 Å². The van der Waals surface area contributed by atoms with Crippen LogP contribution in [-0.2, 0) is 6.54 Å². The van der Waals surface area contributed by atoms with Crippen molar-refractivity contribution < 1.29 is 10.0 Å². The molecule has 0 aliphatic heterocycles. The summed E-state index contributed by atoms with van der Waals surface area (Å²) < 4.78 is 2.60. The fraction of sp³-hybridized carbons (Fsp3) is 0.0476. The van der Waals surface area contributed by atoms with Crippen LogP contribution in [0.5, 0.6) is 0 Å². The van der Waals surface area contributed by atoms with Gasteiger partial charge in [0.2, 0.25) is 0 Å². The van der Waals surface area contributed by atoms with Crippen molar-refractivity contribution in [3.63, 3.8) is 0 Å². The summed E-state index contributed by atoms with van der Waals surface area (Å²) in [6.45, 7) is 0.195. The van der Waals surface area contributed by atoms with Crippen molar-refractivity contribution in [1.82, 2.24) is 19.6 Å². The lowest BCUT2D eigenvalue weighted by Gasteiger charge is -2.14. The maximum Gasteiger partial charge on any atom is 0.336 e. The second-order valence-electron chi connectivity index (χ2n) is 6.38. The molecule has 0 aliphatic rings. The van der Waals surface area contributed by atoms with Gasteiger partial charge in [-0.15, -0.1) is 0 Å². The largest absolute Gasteiger partial charge is 0.336 e. The number of hydrogen-bond donors (Lipinski definition) is 2. The summed E-state index contributed by atoms with van der Waals surface area (Å²) in [6.07, 6.45) is 3.03. The number of aromatic nitrogens is 3. The Hall–Kier alpha value is -4.04. The van der Waals surface area contributed by atoms with Gasteiger partial charge in [-0.1, -0.05) is 24.3 Å². The molecule has 1 amide bonds. The van der Waals surface area contributed by atoms with Crippen molar-refractivity contribution in [3.05, 3.63) is 105 Å². The molecule has 8 heteroatoms. The van der Waals surface area contributed by atoms with Crippen LogP contribution in [0, 0.1) is 0 Å². The third-order valence-electron chi connectivity index (χ3n) is 4.61. The van der Waals surface area contributed by atoms with Crippen LogP contribution in [0.1, 0.15) is 15.9 Å². The van der Waals surface area contributed by atoms with E-state index >= 15 is 0 Å². The molecule has 2 N–H and O–H groups in total. The van der Waals surface area contributed by atoms with Gasteiger partial charge in [-0.2, -0.15) is 0 Å². The lowest BCUT2D eigenvalue weighted by Crippen LogP contribution is -2.39. The third-order valence-corrected chi connectivity index (χ3v) is 4.61. The number of nitrogens with one attached hydrogen (secondary N) is 1. The molecule has 2 aromatic carbocycles. The molecule has 8 nitrogen and oxygen atoms in total. The first-order valence-electron chi connectivity index (χ1n) is 8.78. The van der Waals surface area contributed by atoms with Gasteiger partial charge in [0, 0.05) is 11.8 Å². The highest BCUT2D eigenvalue weighted by Gasteiger charge is 2.15. The Bertz CT molecular complexity index is 1310. The number of fused-ring (bicyclic) bond motifs is 1. The van der Waals surface area contributed by atoms with Crippen molar-refractivity contribution in [2.24, 2.45) is 0 Å². The summed E-state index contributed by atoms with van der Waals surface area (Å²) in [5, 5.41) is 9.14. The number of hydroxylamine groups is 1. The highest BCUT2D eigenvalue weighted by atomic mass is 16.5. The molecule has 0 aliphatic carbocycles. The highest BCUT2D eigenvalue weighted by Crippen LogP contribution is 2.12. The Morgan fingerprint density at radius 3 is 2.45 bits per heavy atom. The topological polar surface area (TPSA) is 106 Å². The van der Waals surface area contributed by atoms with Crippen LogP contribution in [0.3, 0.4) is 0 Å². The van der Waals surface area contributed by atoms with Crippen LogP contribution in [0.2, 0.25) is 0 Å². The van der Waals surface area contributed by atoms with Crippen molar-refractivity contribution in [2.75, 3.05) is 0 Å². The second kappa shape index (κ2) is 7.53. The summed E-state index contributed by atoms with van der Waals surface area (Å²) in [4.78, 5) is 41.7. The van der Waals surface area contributed by atoms with E-state index in [0.29, 0.717) is 16.6 Å². The molecular weight excluding hydrogens is 372 g/mol. The monoisotopic (exact) mass is 388 g/mol. The van der Waals surface area contributed by atoms with E-state index in [4.69, 9.17) is 5.21 Å². The predicted octanol–water partition coefficient (Wildman–Crippen LogP) is 1.71. The quantitative estimate of drug-likeness (QED) is 0.409. The minimum absolute atomic E-state index is 0.195. The van der Waals surface area contributed by atoms with Crippen molar-refractivity contribution in [3.8, 4) is 5.69 Å². The maximum atomic E-state index is 13.2. The molecule has 4 aromatic rings. The maximum absolute atomic E-state index is 13.2. The number of amides is 1. The highest BCUT2D eigenvalue weighted by molar-refractivity contribution is 5.93. The SMILES string of the molecule is O=C(NO)c1ccc(Cn2c(=O)n(-c3cccnc3)c(=O)c3ccccc32)cc1. The number of pyridine rings is 1. The molecule has 4 rings (SSSR count). The van der Waals surface area contributed by atoms with Crippen molar-refractivity contribution >= 4 is 16.8 Å². The fourth-order valence-corrected chi connectivity index (χ4v) is 3.20. The average molecular weight is 388 g/mol. The molecule has 0 spiro atoms. The number of nitrogens with zero attached hydrogens (tertiary/aromatic N) is 3. The van der Waals surface area contributed by atoms with Gasteiger partial charge in [-0.05, 0) is 42.0 Å². The number of rotatable bonds is 4. The molecule has 144 valence electrons. The molecular formula is C21H16N4O4. The Balaban J connectivity index is 1.89. The van der Waals surface area contributed by atoms with E-state index in [0.717, 1.165) is 10.1 Å². The molecule has 0 unspecified atom stereocenters. The van der Waals surface area contributed by atoms with Gasteiger partial charge in [0.25, 0.3) is 11.5 Å². The Morgan fingerprint density at radius 1 is 1.00 bits per heavy atom. The van der Waals surface area contributed by atoms with E-state index in [1.54, 1.807) is 72.3 Å². The zero-order valence-electron chi connectivity index (χ0n) is 15.1. The summed E-state index contributed by atoms with van der Waals surface area (Å²) in [5.74, 6) is -0.621. The first-order valence-corrected chi connectivity index (χ1v) is 8.78. The van der Waals surface area contributed by atoms with Crippen LogP contribution in [0.15, 0.2) is 82.6 Å². The number of carbonyl (C=O) groups is 1. The van der Waals surface area contributed by atoms with Crippen LogP contribution >= 0.6 is 0 Å². The number of hydrogen-bond acceptors (Lipinski definition) is 5. The van der Waals surface area contributed by atoms with Gasteiger partial charge in [0.15, 0.2) is 0 Å². The first-order chi connectivity index (χ1) is 14.1. The molecule has 0 atom stereocenters. The summed E-state index contributed by atoms with van der Waals surface area (Å²) in [5.41, 5.74) is 2.62. The zero-order valence-corrected chi connectivity index (χ0v) is 15.1. The van der Waals surface area contributed by atoms with Crippen LogP contribution in [0.4, 0.5) is 0 Å². The van der Waals surface area contributed by atoms with E-state index in [9.17, 15) is 14.4 Å². The number of benzene rings is 2. The molecule has 0 saturated heterocycles. The van der Waals surface area contributed by atoms with Gasteiger partial charge in [0.05, 0.1) is 29.3 Å². The molecule has 0 saturated carbocycles. The third kappa shape index (κ3) is 3.32. The van der Waals surface area contributed by atoms with E-state index in [-0.39, 0.29) is 12.1 Å². The smallest absolute Gasteiger partial charge is 0.288 e. The summed E-state index contributed by atoms with van der Waals surface area (Å²) >= 11 is 0. The van der Waals surface area contributed by atoms with E-state index in [1.807, 2.05) is 0 Å². The lowest BCUT2D eigenvalue weighted by atomic mass is 10.1.